The van der Waals surface area contributed by atoms with E-state index in [0.717, 1.165) is 37.3 Å². The number of piperidine rings is 1. The monoisotopic (exact) mass is 368 g/mol. The number of hydrogen-bond donors (Lipinski definition) is 4. The number of hydrogen-bond acceptors (Lipinski definition) is 5. The smallest absolute Gasteiger partial charge is 0.325 e. The van der Waals surface area contributed by atoms with Crippen molar-refractivity contribution in [2.75, 3.05) is 35.2 Å². The molecule has 1 aliphatic rings. The van der Waals surface area contributed by atoms with Gasteiger partial charge in [0, 0.05) is 18.8 Å². The number of imide groups is 1. The van der Waals surface area contributed by atoms with Crippen LogP contribution in [-0.2, 0) is 4.79 Å². The van der Waals surface area contributed by atoms with Crippen LogP contribution in [0.3, 0.4) is 0 Å². The lowest BCUT2D eigenvalue weighted by Gasteiger charge is -2.32. The van der Waals surface area contributed by atoms with Gasteiger partial charge >= 0.3 is 6.03 Å². The summed E-state index contributed by atoms with van der Waals surface area (Å²) in [6.07, 6.45) is 1.22. The van der Waals surface area contributed by atoms with E-state index in [4.69, 9.17) is 0 Å². The van der Waals surface area contributed by atoms with Crippen molar-refractivity contribution in [2.45, 2.75) is 18.9 Å². The Bertz CT molecular complexity index is 774. The number of carbonyl (C=O) groups excluding carboxylic acids is 2. The third kappa shape index (κ3) is 5.46. The topological polar surface area (TPSA) is 93.7 Å². The summed E-state index contributed by atoms with van der Waals surface area (Å²) in [5.74, 6) is -0.424. The molecule has 2 aromatic rings. The molecule has 1 fully saturated rings. The van der Waals surface area contributed by atoms with E-state index in [-0.39, 0.29) is 12.6 Å². The van der Waals surface area contributed by atoms with E-state index in [9.17, 15) is 14.7 Å². The van der Waals surface area contributed by atoms with Gasteiger partial charge in [-0.3, -0.25) is 10.1 Å². The molecule has 0 unspecified atom stereocenters. The highest BCUT2D eigenvalue weighted by Gasteiger charge is 2.19. The normalized spacial score (nSPS) is 14.5. The highest BCUT2D eigenvalue weighted by atomic mass is 16.3. The van der Waals surface area contributed by atoms with Gasteiger partial charge in [-0.25, -0.2) is 4.79 Å². The van der Waals surface area contributed by atoms with Crippen LogP contribution >= 0.6 is 0 Å². The minimum absolute atomic E-state index is 0.0182. The van der Waals surface area contributed by atoms with Crippen LogP contribution in [0.15, 0.2) is 54.6 Å². The molecule has 7 heteroatoms. The van der Waals surface area contributed by atoms with Gasteiger partial charge in [-0.2, -0.15) is 0 Å². The number of amides is 3. The second kappa shape index (κ2) is 9.05. The zero-order valence-electron chi connectivity index (χ0n) is 15.0. The SMILES string of the molecule is O=C(CNc1ccccc1N1CCC(O)CC1)NC(=O)Nc1ccccc1. The summed E-state index contributed by atoms with van der Waals surface area (Å²) in [6.45, 7) is 1.52. The Morgan fingerprint density at radius 1 is 1.00 bits per heavy atom. The van der Waals surface area contributed by atoms with Crippen molar-refractivity contribution in [3.8, 4) is 0 Å². The zero-order chi connectivity index (χ0) is 19.1. The molecular formula is C20H24N4O3. The van der Waals surface area contributed by atoms with Gasteiger partial charge in [-0.1, -0.05) is 30.3 Å². The van der Waals surface area contributed by atoms with Gasteiger partial charge in [0.2, 0.25) is 5.91 Å². The third-order valence-electron chi connectivity index (χ3n) is 4.43. The molecule has 3 rings (SSSR count). The number of nitrogens with one attached hydrogen (secondary N) is 3. The van der Waals surface area contributed by atoms with E-state index in [1.807, 2.05) is 30.3 Å². The predicted molar refractivity (Wildman–Crippen MR) is 106 cm³/mol. The summed E-state index contributed by atoms with van der Waals surface area (Å²) in [5.41, 5.74) is 2.44. The van der Waals surface area contributed by atoms with Crippen LogP contribution in [0, 0.1) is 0 Å². The van der Waals surface area contributed by atoms with Crippen LogP contribution in [-0.4, -0.2) is 42.8 Å². The molecule has 2 aromatic carbocycles. The van der Waals surface area contributed by atoms with E-state index < -0.39 is 11.9 Å². The Labute approximate surface area is 158 Å². The quantitative estimate of drug-likeness (QED) is 0.650. The molecule has 7 nitrogen and oxygen atoms in total. The minimum Gasteiger partial charge on any atom is -0.393 e. The van der Waals surface area contributed by atoms with Crippen molar-refractivity contribution in [1.82, 2.24) is 5.32 Å². The lowest BCUT2D eigenvalue weighted by atomic mass is 10.1. The van der Waals surface area contributed by atoms with Crippen LogP contribution in [0.25, 0.3) is 0 Å². The lowest BCUT2D eigenvalue weighted by Crippen LogP contribution is -2.38. The van der Waals surface area contributed by atoms with Crippen molar-refractivity contribution in [2.24, 2.45) is 0 Å². The van der Waals surface area contributed by atoms with Gasteiger partial charge in [0.15, 0.2) is 0 Å². The summed E-state index contributed by atoms with van der Waals surface area (Å²) in [6, 6.07) is 16.1. The van der Waals surface area contributed by atoms with E-state index in [0.29, 0.717) is 5.69 Å². The second-order valence-electron chi connectivity index (χ2n) is 6.46. The summed E-state index contributed by atoms with van der Waals surface area (Å²) in [7, 11) is 0. The maximum absolute atomic E-state index is 12.1. The number of para-hydroxylation sites is 3. The third-order valence-corrected chi connectivity index (χ3v) is 4.43. The Morgan fingerprint density at radius 3 is 2.41 bits per heavy atom. The van der Waals surface area contributed by atoms with Crippen molar-refractivity contribution in [3.05, 3.63) is 54.6 Å². The average molecular weight is 368 g/mol. The number of anilines is 3. The predicted octanol–water partition coefficient (Wildman–Crippen LogP) is 2.41. The van der Waals surface area contributed by atoms with Crippen molar-refractivity contribution >= 4 is 29.0 Å². The molecule has 142 valence electrons. The fourth-order valence-corrected chi connectivity index (χ4v) is 3.04. The van der Waals surface area contributed by atoms with Crippen molar-refractivity contribution < 1.29 is 14.7 Å². The molecule has 1 saturated heterocycles. The number of aliphatic hydroxyl groups excluding tert-OH is 1. The summed E-state index contributed by atoms with van der Waals surface area (Å²) < 4.78 is 0. The molecule has 0 atom stereocenters. The van der Waals surface area contributed by atoms with E-state index in [1.54, 1.807) is 24.3 Å². The molecule has 3 amide bonds. The van der Waals surface area contributed by atoms with Crippen molar-refractivity contribution in [1.29, 1.82) is 0 Å². The molecule has 1 heterocycles. The Morgan fingerprint density at radius 2 is 1.67 bits per heavy atom. The average Bonchev–Trinajstić information content (AvgIpc) is 2.68. The van der Waals surface area contributed by atoms with Crippen LogP contribution in [0.4, 0.5) is 21.9 Å². The number of carbonyl (C=O) groups is 2. The van der Waals surface area contributed by atoms with Crippen LogP contribution in [0.2, 0.25) is 0 Å². The number of nitrogens with zero attached hydrogens (tertiary/aromatic N) is 1. The number of aliphatic hydroxyl groups is 1. The standard InChI is InChI=1S/C20H24N4O3/c25-16-10-12-24(13-11-16)18-9-5-4-8-17(18)21-14-19(26)23-20(27)22-15-6-2-1-3-7-15/h1-9,16,21,25H,10-14H2,(H2,22,23,26,27). The number of benzene rings is 2. The van der Waals surface area contributed by atoms with Gasteiger partial charge in [0.25, 0.3) is 0 Å². The number of urea groups is 1. The molecule has 4 N–H and O–H groups in total. The van der Waals surface area contributed by atoms with E-state index in [1.165, 1.54) is 0 Å². The van der Waals surface area contributed by atoms with Gasteiger partial charge in [-0.05, 0) is 37.1 Å². The minimum atomic E-state index is -0.564. The Balaban J connectivity index is 1.52. The first-order valence-electron chi connectivity index (χ1n) is 9.03. The van der Waals surface area contributed by atoms with Gasteiger partial charge < -0.3 is 20.6 Å². The first-order chi connectivity index (χ1) is 13.1. The summed E-state index contributed by atoms with van der Waals surface area (Å²) >= 11 is 0. The molecule has 0 bridgehead atoms. The van der Waals surface area contributed by atoms with E-state index in [2.05, 4.69) is 20.9 Å². The molecule has 0 radical (unpaired) electrons. The lowest BCUT2D eigenvalue weighted by molar-refractivity contribution is -0.118. The molecule has 0 aliphatic carbocycles. The summed E-state index contributed by atoms with van der Waals surface area (Å²) in [4.78, 5) is 26.1. The van der Waals surface area contributed by atoms with Crippen LogP contribution in [0.5, 0.6) is 0 Å². The molecule has 27 heavy (non-hydrogen) atoms. The second-order valence-corrected chi connectivity index (χ2v) is 6.46. The zero-order valence-corrected chi connectivity index (χ0v) is 15.0. The van der Waals surface area contributed by atoms with Gasteiger partial charge in [-0.15, -0.1) is 0 Å². The number of rotatable bonds is 5. The first kappa shape index (κ1) is 18.7. The molecule has 0 saturated carbocycles. The summed E-state index contributed by atoms with van der Waals surface area (Å²) in [5, 5.41) is 17.7. The van der Waals surface area contributed by atoms with Crippen LogP contribution in [0.1, 0.15) is 12.8 Å². The highest BCUT2D eigenvalue weighted by Crippen LogP contribution is 2.28. The fourth-order valence-electron chi connectivity index (χ4n) is 3.04. The molecule has 0 aromatic heterocycles. The van der Waals surface area contributed by atoms with Gasteiger partial charge in [0.05, 0.1) is 24.0 Å². The Kier molecular flexibility index (Phi) is 6.27. The highest BCUT2D eigenvalue weighted by molar-refractivity contribution is 6.02. The van der Waals surface area contributed by atoms with Crippen LogP contribution < -0.4 is 20.9 Å². The van der Waals surface area contributed by atoms with E-state index >= 15 is 0 Å². The maximum Gasteiger partial charge on any atom is 0.325 e. The van der Waals surface area contributed by atoms with Crippen molar-refractivity contribution in [3.63, 3.8) is 0 Å². The first-order valence-corrected chi connectivity index (χ1v) is 9.03. The largest absolute Gasteiger partial charge is 0.393 e. The Hall–Kier alpha value is -3.06. The molecule has 0 spiro atoms. The maximum atomic E-state index is 12.1. The molecular weight excluding hydrogens is 344 g/mol. The van der Waals surface area contributed by atoms with Gasteiger partial charge in [0.1, 0.15) is 0 Å². The molecule has 1 aliphatic heterocycles. The fraction of sp³-hybridized carbons (Fsp3) is 0.300.